The van der Waals surface area contributed by atoms with Gasteiger partial charge in [-0.25, -0.2) is 0 Å². The van der Waals surface area contributed by atoms with Crippen molar-refractivity contribution in [1.82, 2.24) is 10.2 Å². The van der Waals surface area contributed by atoms with Crippen LogP contribution in [0.2, 0.25) is 0 Å². The topological polar surface area (TPSA) is 15.3 Å². The maximum absolute atomic E-state index is 3.73. The molecule has 0 amide bonds. The van der Waals surface area contributed by atoms with Gasteiger partial charge in [0.15, 0.2) is 0 Å². The highest BCUT2D eigenvalue weighted by Gasteiger charge is 2.29. The Morgan fingerprint density at radius 2 is 1.95 bits per heavy atom. The molecule has 2 rings (SSSR count). The van der Waals surface area contributed by atoms with Crippen LogP contribution in [0.25, 0.3) is 0 Å². The normalized spacial score (nSPS) is 33.0. The van der Waals surface area contributed by atoms with Crippen LogP contribution in [0, 0.1) is 5.92 Å². The fourth-order valence-corrected chi connectivity index (χ4v) is 4.05. The number of rotatable bonds is 5. The van der Waals surface area contributed by atoms with Crippen molar-refractivity contribution in [2.45, 2.75) is 90.3 Å². The lowest BCUT2D eigenvalue weighted by Gasteiger charge is -2.42. The summed E-state index contributed by atoms with van der Waals surface area (Å²) in [4.78, 5) is 2.81. The molecule has 2 fully saturated rings. The standard InChI is InChI=1S/C17H34N2/c1-4-15-8-7-10-17(12-15)19(14(2)3)13-16-9-5-6-11-18-16/h14-18H,4-13H2,1-3H3. The van der Waals surface area contributed by atoms with Gasteiger partial charge in [-0.05, 0) is 52.0 Å². The molecule has 0 bridgehead atoms. The van der Waals surface area contributed by atoms with E-state index in [1.54, 1.807) is 0 Å². The molecule has 1 aliphatic carbocycles. The molecule has 1 saturated carbocycles. The van der Waals surface area contributed by atoms with Gasteiger partial charge in [0.2, 0.25) is 0 Å². The van der Waals surface area contributed by atoms with Crippen LogP contribution in [0.1, 0.15) is 72.1 Å². The average Bonchev–Trinajstić information content (AvgIpc) is 2.45. The van der Waals surface area contributed by atoms with E-state index in [1.165, 1.54) is 64.5 Å². The molecule has 0 aromatic carbocycles. The van der Waals surface area contributed by atoms with E-state index in [0.717, 1.165) is 18.0 Å². The molecule has 1 saturated heterocycles. The summed E-state index contributed by atoms with van der Waals surface area (Å²) < 4.78 is 0. The first-order valence-corrected chi connectivity index (χ1v) is 8.69. The third kappa shape index (κ3) is 4.46. The summed E-state index contributed by atoms with van der Waals surface area (Å²) in [5, 5.41) is 3.73. The monoisotopic (exact) mass is 266 g/mol. The predicted molar refractivity (Wildman–Crippen MR) is 83.5 cm³/mol. The summed E-state index contributed by atoms with van der Waals surface area (Å²) in [5.41, 5.74) is 0. The lowest BCUT2D eigenvalue weighted by Crippen LogP contribution is -2.51. The van der Waals surface area contributed by atoms with E-state index in [-0.39, 0.29) is 0 Å². The number of nitrogens with one attached hydrogen (secondary N) is 1. The summed E-state index contributed by atoms with van der Waals surface area (Å²) >= 11 is 0. The van der Waals surface area contributed by atoms with Gasteiger partial charge in [0.25, 0.3) is 0 Å². The largest absolute Gasteiger partial charge is 0.313 e. The molecule has 3 unspecified atom stereocenters. The average molecular weight is 266 g/mol. The third-order valence-corrected chi connectivity index (χ3v) is 5.31. The summed E-state index contributed by atoms with van der Waals surface area (Å²) in [6.07, 6.45) is 11.4. The van der Waals surface area contributed by atoms with E-state index < -0.39 is 0 Å². The van der Waals surface area contributed by atoms with E-state index in [0.29, 0.717) is 6.04 Å². The molecule has 1 aliphatic heterocycles. The van der Waals surface area contributed by atoms with Gasteiger partial charge in [-0.2, -0.15) is 0 Å². The van der Waals surface area contributed by atoms with Crippen molar-refractivity contribution in [2.24, 2.45) is 5.92 Å². The smallest absolute Gasteiger partial charge is 0.0195 e. The van der Waals surface area contributed by atoms with Crippen molar-refractivity contribution in [3.63, 3.8) is 0 Å². The Morgan fingerprint density at radius 3 is 2.58 bits per heavy atom. The Morgan fingerprint density at radius 1 is 1.11 bits per heavy atom. The molecule has 3 atom stereocenters. The number of nitrogens with zero attached hydrogens (tertiary/aromatic N) is 1. The minimum absolute atomic E-state index is 0.698. The van der Waals surface area contributed by atoms with Crippen molar-refractivity contribution in [3.05, 3.63) is 0 Å². The SMILES string of the molecule is CCC1CCCC(N(CC2CCCCN2)C(C)C)C1. The quantitative estimate of drug-likeness (QED) is 0.814. The van der Waals surface area contributed by atoms with Crippen molar-refractivity contribution >= 4 is 0 Å². The minimum atomic E-state index is 0.698. The van der Waals surface area contributed by atoms with Gasteiger partial charge in [0.1, 0.15) is 0 Å². The minimum Gasteiger partial charge on any atom is -0.313 e. The van der Waals surface area contributed by atoms with E-state index in [2.05, 4.69) is 31.0 Å². The van der Waals surface area contributed by atoms with Crippen molar-refractivity contribution in [3.8, 4) is 0 Å². The molecule has 19 heavy (non-hydrogen) atoms. The van der Waals surface area contributed by atoms with E-state index >= 15 is 0 Å². The van der Waals surface area contributed by atoms with Crippen LogP contribution < -0.4 is 5.32 Å². The molecule has 2 aliphatic rings. The highest BCUT2D eigenvalue weighted by molar-refractivity contribution is 4.85. The molecule has 0 radical (unpaired) electrons. The summed E-state index contributed by atoms with van der Waals surface area (Å²) in [7, 11) is 0. The first kappa shape index (κ1) is 15.3. The Kier molecular flexibility index (Phi) is 6.15. The van der Waals surface area contributed by atoms with Gasteiger partial charge in [-0.3, -0.25) is 4.90 Å². The number of hydrogen-bond acceptors (Lipinski definition) is 2. The second-order valence-electron chi connectivity index (χ2n) is 7.03. The van der Waals surface area contributed by atoms with Gasteiger partial charge < -0.3 is 5.32 Å². The van der Waals surface area contributed by atoms with Gasteiger partial charge in [-0.1, -0.05) is 32.6 Å². The number of hydrogen-bond donors (Lipinski definition) is 1. The van der Waals surface area contributed by atoms with Crippen molar-refractivity contribution in [2.75, 3.05) is 13.1 Å². The lowest BCUT2D eigenvalue weighted by molar-refractivity contribution is 0.0833. The van der Waals surface area contributed by atoms with E-state index in [1.807, 2.05) is 0 Å². The fourth-order valence-electron chi connectivity index (χ4n) is 4.05. The van der Waals surface area contributed by atoms with E-state index in [4.69, 9.17) is 0 Å². The second-order valence-corrected chi connectivity index (χ2v) is 7.03. The maximum Gasteiger partial charge on any atom is 0.0195 e. The van der Waals surface area contributed by atoms with Crippen LogP contribution in [0.4, 0.5) is 0 Å². The van der Waals surface area contributed by atoms with Crippen LogP contribution in [-0.4, -0.2) is 36.1 Å². The van der Waals surface area contributed by atoms with Crippen LogP contribution >= 0.6 is 0 Å². The predicted octanol–water partition coefficient (Wildman–Crippen LogP) is 3.81. The van der Waals surface area contributed by atoms with Crippen molar-refractivity contribution in [1.29, 1.82) is 0 Å². The van der Waals surface area contributed by atoms with Gasteiger partial charge in [0, 0.05) is 24.7 Å². The first-order chi connectivity index (χ1) is 9.20. The first-order valence-electron chi connectivity index (χ1n) is 8.69. The lowest BCUT2D eigenvalue weighted by atomic mass is 9.83. The molecule has 2 heteroatoms. The zero-order valence-electron chi connectivity index (χ0n) is 13.3. The Bertz CT molecular complexity index is 246. The maximum atomic E-state index is 3.73. The van der Waals surface area contributed by atoms with Crippen LogP contribution in [-0.2, 0) is 0 Å². The summed E-state index contributed by atoms with van der Waals surface area (Å²) in [6.45, 7) is 9.66. The molecular formula is C17H34N2. The molecule has 1 N–H and O–H groups in total. The van der Waals surface area contributed by atoms with E-state index in [9.17, 15) is 0 Å². The second kappa shape index (κ2) is 7.64. The van der Waals surface area contributed by atoms with Gasteiger partial charge in [-0.15, -0.1) is 0 Å². The molecule has 2 nitrogen and oxygen atoms in total. The fraction of sp³-hybridized carbons (Fsp3) is 1.00. The molecule has 0 spiro atoms. The number of piperidine rings is 1. The zero-order chi connectivity index (χ0) is 13.7. The molecular weight excluding hydrogens is 232 g/mol. The zero-order valence-corrected chi connectivity index (χ0v) is 13.3. The third-order valence-electron chi connectivity index (χ3n) is 5.31. The molecule has 0 aromatic heterocycles. The van der Waals surface area contributed by atoms with Crippen LogP contribution in [0.15, 0.2) is 0 Å². The van der Waals surface area contributed by atoms with Crippen LogP contribution in [0.3, 0.4) is 0 Å². The van der Waals surface area contributed by atoms with Crippen LogP contribution in [0.5, 0.6) is 0 Å². The summed E-state index contributed by atoms with van der Waals surface area (Å²) in [5.74, 6) is 0.985. The molecule has 1 heterocycles. The molecule has 112 valence electrons. The molecule has 0 aromatic rings. The summed E-state index contributed by atoms with van der Waals surface area (Å²) in [6, 6.07) is 2.30. The van der Waals surface area contributed by atoms with Gasteiger partial charge >= 0.3 is 0 Å². The van der Waals surface area contributed by atoms with Gasteiger partial charge in [0.05, 0.1) is 0 Å². The highest BCUT2D eigenvalue weighted by Crippen LogP contribution is 2.31. The van der Waals surface area contributed by atoms with Crippen molar-refractivity contribution < 1.29 is 0 Å². The Balaban J connectivity index is 1.90. The highest BCUT2D eigenvalue weighted by atomic mass is 15.2. The Labute approximate surface area is 120 Å². The Hall–Kier alpha value is -0.0800.